The second-order valence-corrected chi connectivity index (χ2v) is 14.0. The van der Waals surface area contributed by atoms with E-state index in [0.29, 0.717) is 11.1 Å². The van der Waals surface area contributed by atoms with Crippen LogP contribution in [0.3, 0.4) is 0 Å². The largest absolute Gasteiger partial charge is 0.309 e. The molecule has 0 fully saturated rings. The lowest BCUT2D eigenvalue weighted by Crippen LogP contribution is -2.00. The molecule has 11 aromatic rings. The third kappa shape index (κ3) is 4.45. The van der Waals surface area contributed by atoms with E-state index in [4.69, 9.17) is 0 Å². The van der Waals surface area contributed by atoms with Crippen LogP contribution in [0.15, 0.2) is 176 Å². The number of hydrogen-bond acceptors (Lipinski definition) is 2. The SMILES string of the molecule is N#Cc1ccc2c(c1)c1cc(-n3c4ccccc4c4ccccc43)ccc1n2-c1ccc(-c2c(C#N)cccc2-n2c3ccccc3c3ccccc32)cc1. The molecule has 0 saturated carbocycles. The topological polar surface area (TPSA) is 62.4 Å². The molecule has 8 aromatic carbocycles. The van der Waals surface area contributed by atoms with Crippen molar-refractivity contribution >= 4 is 65.4 Å². The summed E-state index contributed by atoms with van der Waals surface area (Å²) in [6, 6.07) is 65.9. The van der Waals surface area contributed by atoms with Crippen LogP contribution in [-0.4, -0.2) is 13.7 Å². The number of benzene rings is 8. The smallest absolute Gasteiger partial charge is 0.0998 e. The molecule has 0 saturated heterocycles. The predicted molar refractivity (Wildman–Crippen MR) is 224 cm³/mol. The molecule has 3 aromatic heterocycles. The van der Waals surface area contributed by atoms with Gasteiger partial charge in [-0.05, 0) is 90.5 Å². The molecule has 0 amide bonds. The summed E-state index contributed by atoms with van der Waals surface area (Å²) in [5.74, 6) is 0. The van der Waals surface area contributed by atoms with Gasteiger partial charge in [-0.1, -0.05) is 91.0 Å². The minimum Gasteiger partial charge on any atom is -0.309 e. The highest BCUT2D eigenvalue weighted by Gasteiger charge is 2.20. The molecule has 0 spiro atoms. The lowest BCUT2D eigenvalue weighted by Gasteiger charge is -2.16. The fourth-order valence-corrected chi connectivity index (χ4v) is 8.78. The zero-order valence-corrected chi connectivity index (χ0v) is 29.5. The monoisotopic (exact) mass is 699 g/mol. The molecular formula is C50H29N5. The van der Waals surface area contributed by atoms with Gasteiger partial charge in [0.1, 0.15) is 0 Å². The Morgan fingerprint density at radius 2 is 0.818 bits per heavy atom. The maximum Gasteiger partial charge on any atom is 0.0998 e. The van der Waals surface area contributed by atoms with Gasteiger partial charge in [-0.25, -0.2) is 0 Å². The summed E-state index contributed by atoms with van der Waals surface area (Å²) in [6.45, 7) is 0. The number of hydrogen-bond donors (Lipinski definition) is 0. The Balaban J connectivity index is 1.10. The molecule has 5 heteroatoms. The van der Waals surface area contributed by atoms with Crippen molar-refractivity contribution in [2.45, 2.75) is 0 Å². The summed E-state index contributed by atoms with van der Waals surface area (Å²) < 4.78 is 6.89. The highest BCUT2D eigenvalue weighted by Crippen LogP contribution is 2.40. The molecule has 11 rings (SSSR count). The van der Waals surface area contributed by atoms with E-state index in [9.17, 15) is 10.5 Å². The fourth-order valence-electron chi connectivity index (χ4n) is 8.78. The summed E-state index contributed by atoms with van der Waals surface area (Å²) in [4.78, 5) is 0. The summed E-state index contributed by atoms with van der Waals surface area (Å²) in [5.41, 5.74) is 12.7. The number of rotatable bonds is 4. The average molecular weight is 700 g/mol. The summed E-state index contributed by atoms with van der Waals surface area (Å²) in [7, 11) is 0. The van der Waals surface area contributed by atoms with Crippen molar-refractivity contribution in [2.24, 2.45) is 0 Å². The van der Waals surface area contributed by atoms with Crippen LogP contribution in [0.2, 0.25) is 0 Å². The van der Waals surface area contributed by atoms with Crippen molar-refractivity contribution in [3.8, 4) is 40.3 Å². The van der Waals surface area contributed by atoms with Gasteiger partial charge in [-0.3, -0.25) is 0 Å². The van der Waals surface area contributed by atoms with Gasteiger partial charge in [-0.15, -0.1) is 0 Å². The molecule has 0 aliphatic heterocycles. The molecule has 0 atom stereocenters. The van der Waals surface area contributed by atoms with Gasteiger partial charge in [0.15, 0.2) is 0 Å². The second kappa shape index (κ2) is 11.8. The van der Waals surface area contributed by atoms with E-state index in [1.54, 1.807) is 0 Å². The highest BCUT2D eigenvalue weighted by molar-refractivity contribution is 6.13. The Hall–Kier alpha value is -7.86. The summed E-state index contributed by atoms with van der Waals surface area (Å²) in [6.07, 6.45) is 0. The highest BCUT2D eigenvalue weighted by atomic mass is 15.0. The number of para-hydroxylation sites is 4. The van der Waals surface area contributed by atoms with E-state index < -0.39 is 0 Å². The van der Waals surface area contributed by atoms with E-state index in [-0.39, 0.29) is 0 Å². The van der Waals surface area contributed by atoms with Crippen molar-refractivity contribution < 1.29 is 0 Å². The normalized spacial score (nSPS) is 11.6. The van der Waals surface area contributed by atoms with Crippen molar-refractivity contribution in [2.75, 3.05) is 0 Å². The molecule has 0 aliphatic rings. The van der Waals surface area contributed by atoms with Crippen LogP contribution >= 0.6 is 0 Å². The zero-order valence-electron chi connectivity index (χ0n) is 29.5. The Morgan fingerprint density at radius 1 is 0.345 bits per heavy atom. The van der Waals surface area contributed by atoms with E-state index >= 15 is 0 Å². The van der Waals surface area contributed by atoms with Crippen LogP contribution in [0.4, 0.5) is 0 Å². The number of fused-ring (bicyclic) bond motifs is 9. The van der Waals surface area contributed by atoms with Gasteiger partial charge in [0.05, 0.1) is 62.1 Å². The van der Waals surface area contributed by atoms with Crippen molar-refractivity contribution in [3.05, 3.63) is 187 Å². The van der Waals surface area contributed by atoms with Gasteiger partial charge in [0.25, 0.3) is 0 Å². The second-order valence-electron chi connectivity index (χ2n) is 14.0. The fraction of sp³-hybridized carbons (Fsp3) is 0. The molecule has 0 unspecified atom stereocenters. The third-order valence-electron chi connectivity index (χ3n) is 11.1. The van der Waals surface area contributed by atoms with Crippen LogP contribution < -0.4 is 0 Å². The molecule has 55 heavy (non-hydrogen) atoms. The van der Waals surface area contributed by atoms with Crippen LogP contribution in [-0.2, 0) is 0 Å². The van der Waals surface area contributed by atoms with Crippen molar-refractivity contribution in [3.63, 3.8) is 0 Å². The average Bonchev–Trinajstić information content (AvgIpc) is 3.88. The van der Waals surface area contributed by atoms with Crippen molar-refractivity contribution in [1.82, 2.24) is 13.7 Å². The number of nitriles is 2. The Morgan fingerprint density at radius 3 is 1.38 bits per heavy atom. The Kier molecular flexibility index (Phi) is 6.61. The third-order valence-corrected chi connectivity index (χ3v) is 11.1. The molecule has 5 nitrogen and oxygen atoms in total. The van der Waals surface area contributed by atoms with Crippen LogP contribution in [0, 0.1) is 22.7 Å². The quantitative estimate of drug-likeness (QED) is 0.184. The molecule has 0 N–H and O–H groups in total. The van der Waals surface area contributed by atoms with E-state index in [1.165, 1.54) is 21.5 Å². The minimum absolute atomic E-state index is 0.616. The van der Waals surface area contributed by atoms with Gasteiger partial charge >= 0.3 is 0 Å². The van der Waals surface area contributed by atoms with Gasteiger partial charge in [0.2, 0.25) is 0 Å². The molecule has 0 aliphatic carbocycles. The first-order valence-corrected chi connectivity index (χ1v) is 18.3. The molecule has 3 heterocycles. The molecule has 254 valence electrons. The molecule has 0 bridgehead atoms. The number of nitrogens with zero attached hydrogens (tertiary/aromatic N) is 5. The predicted octanol–water partition coefficient (Wildman–Crippen LogP) is 12.4. The van der Waals surface area contributed by atoms with Crippen LogP contribution in [0.25, 0.3) is 93.6 Å². The lowest BCUT2D eigenvalue weighted by molar-refractivity contribution is 1.16. The molecular weight excluding hydrogens is 671 g/mol. The van der Waals surface area contributed by atoms with Gasteiger partial charge in [0, 0.05) is 49.3 Å². The molecule has 0 radical (unpaired) electrons. The first-order valence-electron chi connectivity index (χ1n) is 18.3. The Bertz CT molecular complexity index is 3350. The van der Waals surface area contributed by atoms with Crippen LogP contribution in [0.1, 0.15) is 11.1 Å². The first kappa shape index (κ1) is 30.7. The standard InChI is InChI=1S/C50H29N5/c51-30-32-20-26-47-41(28-32)42-29-36(54-43-15-5-1-11-37(43)38-12-2-6-16-44(38)54)25-27-48(42)53(47)35-23-21-33(22-24-35)50-34(31-52)10-9-19-49(50)55-45-17-7-3-13-39(45)40-14-4-8-18-46(40)55/h1-29H. The van der Waals surface area contributed by atoms with Crippen LogP contribution in [0.5, 0.6) is 0 Å². The lowest BCUT2D eigenvalue weighted by atomic mass is 9.97. The maximum atomic E-state index is 10.4. The summed E-state index contributed by atoms with van der Waals surface area (Å²) >= 11 is 0. The van der Waals surface area contributed by atoms with E-state index in [2.05, 4.69) is 171 Å². The maximum absolute atomic E-state index is 10.4. The van der Waals surface area contributed by atoms with E-state index in [0.717, 1.165) is 72.1 Å². The van der Waals surface area contributed by atoms with E-state index in [1.807, 2.05) is 30.3 Å². The summed E-state index contributed by atoms with van der Waals surface area (Å²) in [5, 5.41) is 27.2. The van der Waals surface area contributed by atoms with Gasteiger partial charge < -0.3 is 13.7 Å². The first-order chi connectivity index (χ1) is 27.2. The van der Waals surface area contributed by atoms with Gasteiger partial charge in [-0.2, -0.15) is 10.5 Å². The zero-order chi connectivity index (χ0) is 36.6. The Labute approximate surface area is 316 Å². The number of aromatic nitrogens is 3. The van der Waals surface area contributed by atoms with Crippen molar-refractivity contribution in [1.29, 1.82) is 10.5 Å². The minimum atomic E-state index is 0.616.